The Kier molecular flexibility index (Phi) is 2.48. The highest BCUT2D eigenvalue weighted by atomic mass is 15.0. The zero-order valence-electron chi connectivity index (χ0n) is 8.03. The molecule has 70 valence electrons. The molecule has 1 aromatic heterocycles. The van der Waals surface area contributed by atoms with Crippen LogP contribution in [-0.2, 0) is 0 Å². The van der Waals surface area contributed by atoms with Gasteiger partial charge in [0.15, 0.2) is 0 Å². The normalized spacial score (nSPS) is 18.2. The molecule has 0 aromatic carbocycles. The van der Waals surface area contributed by atoms with E-state index in [2.05, 4.69) is 17.2 Å². The number of hydrogen-bond donors (Lipinski definition) is 1. The summed E-state index contributed by atoms with van der Waals surface area (Å²) in [4.78, 5) is 4.24. The summed E-state index contributed by atoms with van der Waals surface area (Å²) in [5, 5.41) is 3.40. The summed E-state index contributed by atoms with van der Waals surface area (Å²) in [6.07, 6.45) is 5.96. The van der Waals surface area contributed by atoms with Crippen LogP contribution in [0.5, 0.6) is 0 Å². The molecule has 2 nitrogen and oxygen atoms in total. The van der Waals surface area contributed by atoms with Gasteiger partial charge >= 0.3 is 0 Å². The maximum Gasteiger partial charge on any atom is 0.126 e. The van der Waals surface area contributed by atoms with E-state index in [1.165, 1.54) is 19.3 Å². The SMILES string of the molecule is CC(CC1CC1)Nc1ccccn1. The van der Waals surface area contributed by atoms with Gasteiger partial charge in [-0.15, -0.1) is 0 Å². The Balaban J connectivity index is 1.82. The summed E-state index contributed by atoms with van der Waals surface area (Å²) in [7, 11) is 0. The minimum Gasteiger partial charge on any atom is -0.368 e. The summed E-state index contributed by atoms with van der Waals surface area (Å²) in [5.41, 5.74) is 0. The van der Waals surface area contributed by atoms with Gasteiger partial charge in [-0.05, 0) is 31.4 Å². The minimum absolute atomic E-state index is 0.558. The molecule has 1 unspecified atom stereocenters. The van der Waals surface area contributed by atoms with Gasteiger partial charge in [0.05, 0.1) is 0 Å². The van der Waals surface area contributed by atoms with Crippen LogP contribution in [-0.4, -0.2) is 11.0 Å². The first-order chi connectivity index (χ1) is 6.34. The Morgan fingerprint density at radius 3 is 3.00 bits per heavy atom. The third kappa shape index (κ3) is 2.72. The van der Waals surface area contributed by atoms with E-state index in [1.807, 2.05) is 24.4 Å². The van der Waals surface area contributed by atoms with Gasteiger partial charge in [-0.25, -0.2) is 4.98 Å². The van der Waals surface area contributed by atoms with Crippen molar-refractivity contribution in [1.82, 2.24) is 4.98 Å². The molecule has 0 bridgehead atoms. The monoisotopic (exact) mass is 176 g/mol. The van der Waals surface area contributed by atoms with Crippen molar-refractivity contribution in [3.8, 4) is 0 Å². The van der Waals surface area contributed by atoms with Crippen molar-refractivity contribution in [2.45, 2.75) is 32.2 Å². The Labute approximate surface area is 79.4 Å². The van der Waals surface area contributed by atoms with Gasteiger partial charge in [0, 0.05) is 12.2 Å². The molecule has 1 saturated carbocycles. The zero-order chi connectivity index (χ0) is 9.10. The second-order valence-electron chi connectivity index (χ2n) is 3.94. The number of aromatic nitrogens is 1. The van der Waals surface area contributed by atoms with Crippen molar-refractivity contribution in [3.05, 3.63) is 24.4 Å². The number of rotatable bonds is 4. The molecule has 0 saturated heterocycles. The Bertz CT molecular complexity index is 254. The molecule has 1 heterocycles. The number of nitrogens with one attached hydrogen (secondary N) is 1. The molecule has 2 heteroatoms. The smallest absolute Gasteiger partial charge is 0.126 e. The highest BCUT2D eigenvalue weighted by Gasteiger charge is 2.23. The zero-order valence-corrected chi connectivity index (χ0v) is 8.03. The number of anilines is 1. The van der Waals surface area contributed by atoms with Crippen LogP contribution in [0.3, 0.4) is 0 Å². The van der Waals surface area contributed by atoms with Crippen LogP contribution in [0, 0.1) is 5.92 Å². The number of hydrogen-bond acceptors (Lipinski definition) is 2. The lowest BCUT2D eigenvalue weighted by Gasteiger charge is -2.13. The van der Waals surface area contributed by atoms with Crippen molar-refractivity contribution in [2.24, 2.45) is 5.92 Å². The predicted octanol–water partition coefficient (Wildman–Crippen LogP) is 2.68. The van der Waals surface area contributed by atoms with E-state index in [9.17, 15) is 0 Å². The fraction of sp³-hybridized carbons (Fsp3) is 0.545. The van der Waals surface area contributed by atoms with Gasteiger partial charge in [-0.2, -0.15) is 0 Å². The van der Waals surface area contributed by atoms with E-state index < -0.39 is 0 Å². The topological polar surface area (TPSA) is 24.9 Å². The first-order valence-electron chi connectivity index (χ1n) is 5.02. The van der Waals surface area contributed by atoms with Gasteiger partial charge in [-0.1, -0.05) is 18.9 Å². The van der Waals surface area contributed by atoms with E-state index in [1.54, 1.807) is 0 Å². The van der Waals surface area contributed by atoms with Gasteiger partial charge in [0.25, 0.3) is 0 Å². The van der Waals surface area contributed by atoms with Gasteiger partial charge in [-0.3, -0.25) is 0 Å². The van der Waals surface area contributed by atoms with Crippen LogP contribution in [0.15, 0.2) is 24.4 Å². The van der Waals surface area contributed by atoms with Crippen molar-refractivity contribution in [3.63, 3.8) is 0 Å². The summed E-state index contributed by atoms with van der Waals surface area (Å²) in [6, 6.07) is 6.53. The van der Waals surface area contributed by atoms with Crippen molar-refractivity contribution in [2.75, 3.05) is 5.32 Å². The molecule has 0 amide bonds. The van der Waals surface area contributed by atoms with E-state index in [0.29, 0.717) is 6.04 Å². The van der Waals surface area contributed by atoms with Crippen LogP contribution in [0.25, 0.3) is 0 Å². The molecule has 0 radical (unpaired) electrons. The number of nitrogens with zero attached hydrogens (tertiary/aromatic N) is 1. The highest BCUT2D eigenvalue weighted by molar-refractivity contribution is 5.34. The Hall–Kier alpha value is -1.05. The second-order valence-corrected chi connectivity index (χ2v) is 3.94. The first-order valence-corrected chi connectivity index (χ1v) is 5.02. The molecule has 1 atom stereocenters. The van der Waals surface area contributed by atoms with Crippen LogP contribution < -0.4 is 5.32 Å². The number of pyridine rings is 1. The largest absolute Gasteiger partial charge is 0.368 e. The fourth-order valence-electron chi connectivity index (χ4n) is 1.61. The highest BCUT2D eigenvalue weighted by Crippen LogP contribution is 2.33. The van der Waals surface area contributed by atoms with E-state index in [-0.39, 0.29) is 0 Å². The quantitative estimate of drug-likeness (QED) is 0.763. The van der Waals surface area contributed by atoms with Crippen LogP contribution in [0.2, 0.25) is 0 Å². The third-order valence-corrected chi connectivity index (χ3v) is 2.44. The lowest BCUT2D eigenvalue weighted by Crippen LogP contribution is -2.16. The van der Waals surface area contributed by atoms with Crippen molar-refractivity contribution >= 4 is 5.82 Å². The third-order valence-electron chi connectivity index (χ3n) is 2.44. The predicted molar refractivity (Wildman–Crippen MR) is 54.7 cm³/mol. The van der Waals surface area contributed by atoms with Gasteiger partial charge in [0.1, 0.15) is 5.82 Å². The van der Waals surface area contributed by atoms with Crippen molar-refractivity contribution < 1.29 is 0 Å². The molecule has 1 aliphatic carbocycles. The minimum atomic E-state index is 0.558. The van der Waals surface area contributed by atoms with Gasteiger partial charge < -0.3 is 5.32 Å². The fourth-order valence-corrected chi connectivity index (χ4v) is 1.61. The van der Waals surface area contributed by atoms with E-state index >= 15 is 0 Å². The molecule has 13 heavy (non-hydrogen) atoms. The van der Waals surface area contributed by atoms with Crippen LogP contribution in [0.1, 0.15) is 26.2 Å². The summed E-state index contributed by atoms with van der Waals surface area (Å²) in [6.45, 7) is 2.23. The van der Waals surface area contributed by atoms with Crippen LogP contribution in [0.4, 0.5) is 5.82 Å². The van der Waals surface area contributed by atoms with Crippen molar-refractivity contribution in [1.29, 1.82) is 0 Å². The molecule has 1 fully saturated rings. The molecule has 1 aromatic rings. The average Bonchev–Trinajstić information content (AvgIpc) is 2.90. The van der Waals surface area contributed by atoms with Crippen LogP contribution >= 0.6 is 0 Å². The van der Waals surface area contributed by atoms with Gasteiger partial charge in [0.2, 0.25) is 0 Å². The molecular formula is C11H16N2. The molecule has 0 aliphatic heterocycles. The maximum atomic E-state index is 4.24. The summed E-state index contributed by atoms with van der Waals surface area (Å²) >= 11 is 0. The Morgan fingerprint density at radius 2 is 2.38 bits per heavy atom. The lowest BCUT2D eigenvalue weighted by atomic mass is 10.1. The molecule has 2 rings (SSSR count). The second kappa shape index (κ2) is 3.77. The first kappa shape index (κ1) is 8.54. The molecule has 1 aliphatic rings. The lowest BCUT2D eigenvalue weighted by molar-refractivity contribution is 0.640. The maximum absolute atomic E-state index is 4.24. The van der Waals surface area contributed by atoms with E-state index in [0.717, 1.165) is 11.7 Å². The summed E-state index contributed by atoms with van der Waals surface area (Å²) < 4.78 is 0. The summed E-state index contributed by atoms with van der Waals surface area (Å²) in [5.74, 6) is 1.97. The average molecular weight is 176 g/mol. The molecule has 0 spiro atoms. The molecular weight excluding hydrogens is 160 g/mol. The molecule has 1 N–H and O–H groups in total. The Morgan fingerprint density at radius 1 is 1.54 bits per heavy atom. The standard InChI is InChI=1S/C11H16N2/c1-9(8-10-5-6-10)13-11-4-2-3-7-12-11/h2-4,7,9-10H,5-6,8H2,1H3,(H,12,13). The van der Waals surface area contributed by atoms with E-state index in [4.69, 9.17) is 0 Å².